The molecule has 0 bridgehead atoms. The van der Waals surface area contributed by atoms with Gasteiger partial charge in [-0.3, -0.25) is 4.79 Å². The number of hydrogen-bond donors (Lipinski definition) is 3. The zero-order valence-electron chi connectivity index (χ0n) is 12.1. The maximum absolute atomic E-state index is 12.0. The molecule has 0 aliphatic heterocycles. The number of sulfonamides is 1. The second-order valence-electron chi connectivity index (χ2n) is 4.69. The van der Waals surface area contributed by atoms with Gasteiger partial charge in [0.25, 0.3) is 5.91 Å². The quantitative estimate of drug-likeness (QED) is 0.696. The number of benzene rings is 1. The second kappa shape index (κ2) is 6.63. The Bertz CT molecular complexity index is 797. The van der Waals surface area contributed by atoms with Crippen molar-refractivity contribution in [2.45, 2.75) is 17.9 Å². The maximum atomic E-state index is 12.0. The number of ether oxygens (including phenoxy) is 1. The molecule has 0 saturated heterocycles. The standard InChI is InChI=1S/C14H15N3O5S/c1-9(22-14(19)12-3-2-8-16-12)13(18)17-10-4-6-11(7-5-10)23(15,20)21/h2-9,16H,1H3,(H,17,18)(H2,15,20,21)/t9-/m1/s1. The van der Waals surface area contributed by atoms with Crippen molar-refractivity contribution in [3.05, 3.63) is 48.3 Å². The summed E-state index contributed by atoms with van der Waals surface area (Å²) in [5.41, 5.74) is 0.590. The van der Waals surface area contributed by atoms with Crippen molar-refractivity contribution in [3.63, 3.8) is 0 Å². The summed E-state index contributed by atoms with van der Waals surface area (Å²) in [6, 6.07) is 8.46. The number of aromatic nitrogens is 1. The fraction of sp³-hybridized carbons (Fsp3) is 0.143. The Morgan fingerprint density at radius 3 is 2.39 bits per heavy atom. The molecule has 4 N–H and O–H groups in total. The number of anilines is 1. The minimum Gasteiger partial charge on any atom is -0.448 e. The van der Waals surface area contributed by atoms with Crippen molar-refractivity contribution in [1.82, 2.24) is 4.98 Å². The number of carbonyl (C=O) groups excluding carboxylic acids is 2. The number of nitrogens with one attached hydrogen (secondary N) is 2. The third kappa shape index (κ3) is 4.41. The first kappa shape index (κ1) is 16.7. The number of esters is 1. The number of H-pyrrole nitrogens is 1. The Hall–Kier alpha value is -2.65. The van der Waals surface area contributed by atoms with Crippen LogP contribution in [0.5, 0.6) is 0 Å². The molecule has 8 nitrogen and oxygen atoms in total. The molecule has 0 saturated carbocycles. The molecule has 1 heterocycles. The second-order valence-corrected chi connectivity index (χ2v) is 6.25. The number of rotatable bonds is 5. The van der Waals surface area contributed by atoms with Crippen LogP contribution in [0.3, 0.4) is 0 Å². The number of nitrogens with two attached hydrogens (primary N) is 1. The van der Waals surface area contributed by atoms with Crippen LogP contribution < -0.4 is 10.5 Å². The van der Waals surface area contributed by atoms with Crippen LogP contribution in [0.2, 0.25) is 0 Å². The van der Waals surface area contributed by atoms with Gasteiger partial charge in [-0.15, -0.1) is 0 Å². The average molecular weight is 337 g/mol. The molecule has 9 heteroatoms. The molecule has 23 heavy (non-hydrogen) atoms. The van der Waals surface area contributed by atoms with Gasteiger partial charge in [0.05, 0.1) is 4.90 Å². The van der Waals surface area contributed by atoms with E-state index >= 15 is 0 Å². The van der Waals surface area contributed by atoms with Gasteiger partial charge < -0.3 is 15.0 Å². The van der Waals surface area contributed by atoms with Crippen molar-refractivity contribution < 1.29 is 22.7 Å². The SMILES string of the molecule is C[C@@H](OC(=O)c1ccc[nH]1)C(=O)Nc1ccc(S(N)(=O)=O)cc1. The van der Waals surface area contributed by atoms with Gasteiger partial charge in [0.15, 0.2) is 6.10 Å². The van der Waals surface area contributed by atoms with Gasteiger partial charge in [-0.1, -0.05) is 0 Å². The average Bonchev–Trinajstić information content (AvgIpc) is 3.01. The first-order chi connectivity index (χ1) is 10.8. The van der Waals surface area contributed by atoms with E-state index in [4.69, 9.17) is 9.88 Å². The normalized spacial score (nSPS) is 12.4. The molecule has 1 aromatic heterocycles. The van der Waals surface area contributed by atoms with Crippen molar-refractivity contribution in [2.75, 3.05) is 5.32 Å². The van der Waals surface area contributed by atoms with Gasteiger partial charge in [-0.25, -0.2) is 18.4 Å². The highest BCUT2D eigenvalue weighted by atomic mass is 32.2. The Morgan fingerprint density at radius 1 is 1.22 bits per heavy atom. The molecule has 0 unspecified atom stereocenters. The highest BCUT2D eigenvalue weighted by molar-refractivity contribution is 7.89. The lowest BCUT2D eigenvalue weighted by Crippen LogP contribution is -2.30. The van der Waals surface area contributed by atoms with E-state index in [1.807, 2.05) is 0 Å². The van der Waals surface area contributed by atoms with Crippen molar-refractivity contribution in [1.29, 1.82) is 0 Å². The lowest BCUT2D eigenvalue weighted by Gasteiger charge is -2.13. The summed E-state index contributed by atoms with van der Waals surface area (Å²) in [7, 11) is -3.79. The Balaban J connectivity index is 1.97. The highest BCUT2D eigenvalue weighted by Gasteiger charge is 2.19. The number of hydrogen-bond acceptors (Lipinski definition) is 5. The van der Waals surface area contributed by atoms with Gasteiger partial charge in [0.1, 0.15) is 5.69 Å². The minimum absolute atomic E-state index is 0.0679. The van der Waals surface area contributed by atoms with Crippen LogP contribution in [0.25, 0.3) is 0 Å². The zero-order valence-corrected chi connectivity index (χ0v) is 13.0. The summed E-state index contributed by atoms with van der Waals surface area (Å²) in [5.74, 6) is -1.20. The zero-order chi connectivity index (χ0) is 17.0. The van der Waals surface area contributed by atoms with Crippen LogP contribution in [0.1, 0.15) is 17.4 Å². The number of primary sulfonamides is 1. The Morgan fingerprint density at radius 2 is 1.87 bits per heavy atom. The summed E-state index contributed by atoms with van der Waals surface area (Å²) < 4.78 is 27.3. The molecule has 0 spiro atoms. The van der Waals surface area contributed by atoms with Crippen molar-refractivity contribution in [3.8, 4) is 0 Å². The predicted molar refractivity (Wildman–Crippen MR) is 82.1 cm³/mol. The molecule has 0 fully saturated rings. The molecule has 1 aromatic carbocycles. The molecular weight excluding hydrogens is 322 g/mol. The van der Waals surface area contributed by atoms with Crippen molar-refractivity contribution in [2.24, 2.45) is 5.14 Å². The van der Waals surface area contributed by atoms with Crippen LogP contribution in [-0.4, -0.2) is 31.4 Å². The van der Waals surface area contributed by atoms with Crippen LogP contribution in [0, 0.1) is 0 Å². The molecule has 0 aliphatic rings. The summed E-state index contributed by atoms with van der Waals surface area (Å²) in [6.07, 6.45) is 0.540. The Kier molecular flexibility index (Phi) is 4.82. The lowest BCUT2D eigenvalue weighted by molar-refractivity contribution is -0.123. The van der Waals surface area contributed by atoms with E-state index in [9.17, 15) is 18.0 Å². The molecule has 0 radical (unpaired) electrons. The summed E-state index contributed by atoms with van der Waals surface area (Å²) >= 11 is 0. The van der Waals surface area contributed by atoms with Gasteiger partial charge in [0, 0.05) is 11.9 Å². The molecule has 1 amide bonds. The van der Waals surface area contributed by atoms with Crippen LogP contribution in [0.15, 0.2) is 47.5 Å². The van der Waals surface area contributed by atoms with Crippen LogP contribution in [-0.2, 0) is 19.6 Å². The van der Waals surface area contributed by atoms with Crippen molar-refractivity contribution >= 4 is 27.6 Å². The predicted octanol–water partition coefficient (Wildman–Crippen LogP) is 0.846. The van der Waals surface area contributed by atoms with E-state index in [0.717, 1.165) is 0 Å². The lowest BCUT2D eigenvalue weighted by atomic mass is 10.3. The number of aromatic amines is 1. The Labute approximate surface area is 132 Å². The third-order valence-corrected chi connectivity index (χ3v) is 3.85. The summed E-state index contributed by atoms with van der Waals surface area (Å²) in [5, 5.41) is 7.49. The van der Waals surface area contributed by atoms with Crippen LogP contribution in [0.4, 0.5) is 5.69 Å². The van der Waals surface area contributed by atoms with E-state index in [0.29, 0.717) is 5.69 Å². The van der Waals surface area contributed by atoms with E-state index < -0.39 is 28.0 Å². The first-order valence-corrected chi connectivity index (χ1v) is 8.10. The minimum atomic E-state index is -3.79. The van der Waals surface area contributed by atoms with E-state index in [1.165, 1.54) is 37.3 Å². The monoisotopic (exact) mass is 337 g/mol. The van der Waals surface area contributed by atoms with Crippen LogP contribution >= 0.6 is 0 Å². The topological polar surface area (TPSA) is 131 Å². The largest absolute Gasteiger partial charge is 0.448 e. The fourth-order valence-corrected chi connectivity index (χ4v) is 2.22. The summed E-state index contributed by atoms with van der Waals surface area (Å²) in [4.78, 5) is 26.3. The molecule has 1 atom stereocenters. The molecular formula is C14H15N3O5S. The van der Waals surface area contributed by atoms with Gasteiger partial charge in [-0.05, 0) is 43.3 Å². The van der Waals surface area contributed by atoms with Gasteiger partial charge in [-0.2, -0.15) is 0 Å². The van der Waals surface area contributed by atoms with E-state index in [-0.39, 0.29) is 10.6 Å². The van der Waals surface area contributed by atoms with Gasteiger partial charge >= 0.3 is 5.97 Å². The molecule has 0 aliphatic carbocycles. The maximum Gasteiger partial charge on any atom is 0.355 e. The molecule has 2 rings (SSSR count). The third-order valence-electron chi connectivity index (χ3n) is 2.92. The molecule has 122 valence electrons. The fourth-order valence-electron chi connectivity index (χ4n) is 1.71. The smallest absolute Gasteiger partial charge is 0.355 e. The van der Waals surface area contributed by atoms with Gasteiger partial charge in [0.2, 0.25) is 10.0 Å². The van der Waals surface area contributed by atoms with E-state index in [2.05, 4.69) is 10.3 Å². The highest BCUT2D eigenvalue weighted by Crippen LogP contribution is 2.13. The molecule has 2 aromatic rings. The summed E-state index contributed by atoms with van der Waals surface area (Å²) in [6.45, 7) is 1.43. The number of carbonyl (C=O) groups is 2. The first-order valence-electron chi connectivity index (χ1n) is 6.55. The van der Waals surface area contributed by atoms with E-state index in [1.54, 1.807) is 12.3 Å². The number of amides is 1.